The van der Waals surface area contributed by atoms with E-state index < -0.39 is 0 Å². The first-order chi connectivity index (χ1) is 9.56. The molecule has 3 heteroatoms. The van der Waals surface area contributed by atoms with Crippen LogP contribution in [0.1, 0.15) is 52.4 Å². The van der Waals surface area contributed by atoms with Crippen LogP contribution in [0.15, 0.2) is 0 Å². The van der Waals surface area contributed by atoms with Gasteiger partial charge in [-0.1, -0.05) is 13.8 Å². The van der Waals surface area contributed by atoms with E-state index in [-0.39, 0.29) is 6.04 Å². The molecule has 4 bridgehead atoms. The maximum atomic E-state index is 12.7. The van der Waals surface area contributed by atoms with Gasteiger partial charge in [0.15, 0.2) is 0 Å². The molecule has 1 unspecified atom stereocenters. The van der Waals surface area contributed by atoms with Crippen LogP contribution in [-0.2, 0) is 4.79 Å². The Morgan fingerprint density at radius 2 is 1.65 bits per heavy atom. The van der Waals surface area contributed by atoms with E-state index in [9.17, 15) is 4.79 Å². The van der Waals surface area contributed by atoms with Gasteiger partial charge in [-0.25, -0.2) is 0 Å². The largest absolute Gasteiger partial charge is 0.352 e. The molecule has 4 fully saturated rings. The fraction of sp³-hybridized carbons (Fsp3) is 0.941. The summed E-state index contributed by atoms with van der Waals surface area (Å²) < 4.78 is 0. The SMILES string of the molecule is CC(C)CC(CCl)NC(=O)C1C2CC3CC(C2)CC1C3. The summed E-state index contributed by atoms with van der Waals surface area (Å²) in [6.45, 7) is 4.38. The first-order valence-electron chi connectivity index (χ1n) is 8.43. The monoisotopic (exact) mass is 297 g/mol. The van der Waals surface area contributed by atoms with E-state index in [2.05, 4.69) is 19.2 Å². The van der Waals surface area contributed by atoms with E-state index in [1.807, 2.05) is 0 Å². The van der Waals surface area contributed by atoms with Crippen molar-refractivity contribution in [3.05, 3.63) is 0 Å². The van der Waals surface area contributed by atoms with E-state index >= 15 is 0 Å². The summed E-state index contributed by atoms with van der Waals surface area (Å²) >= 11 is 6.03. The fourth-order valence-corrected chi connectivity index (χ4v) is 5.58. The van der Waals surface area contributed by atoms with Crippen LogP contribution in [0.2, 0.25) is 0 Å². The number of hydrogen-bond acceptors (Lipinski definition) is 1. The Labute approximate surface area is 128 Å². The maximum Gasteiger partial charge on any atom is 0.223 e. The van der Waals surface area contributed by atoms with Gasteiger partial charge in [-0.05, 0) is 68.1 Å². The minimum absolute atomic E-state index is 0.154. The van der Waals surface area contributed by atoms with Crippen LogP contribution in [-0.4, -0.2) is 17.8 Å². The van der Waals surface area contributed by atoms with Crippen molar-refractivity contribution >= 4 is 17.5 Å². The lowest BCUT2D eigenvalue weighted by Crippen LogP contribution is -2.52. The predicted octanol–water partition coefficient (Wildman–Crippen LogP) is 3.83. The third-order valence-corrected chi connectivity index (χ3v) is 6.19. The average Bonchev–Trinajstić information content (AvgIpc) is 2.35. The van der Waals surface area contributed by atoms with Crippen LogP contribution in [0.4, 0.5) is 0 Å². The second kappa shape index (κ2) is 5.87. The van der Waals surface area contributed by atoms with Crippen molar-refractivity contribution in [2.75, 3.05) is 5.88 Å². The van der Waals surface area contributed by atoms with Gasteiger partial charge in [0.2, 0.25) is 5.91 Å². The van der Waals surface area contributed by atoms with Crippen LogP contribution >= 0.6 is 11.6 Å². The summed E-state index contributed by atoms with van der Waals surface area (Å²) in [6, 6.07) is 0.154. The number of amides is 1. The Hall–Kier alpha value is -0.240. The van der Waals surface area contributed by atoms with Crippen molar-refractivity contribution < 1.29 is 4.79 Å². The van der Waals surface area contributed by atoms with E-state index in [0.29, 0.717) is 35.5 Å². The first-order valence-corrected chi connectivity index (χ1v) is 8.96. The van der Waals surface area contributed by atoms with E-state index in [1.165, 1.54) is 32.1 Å². The molecule has 1 N–H and O–H groups in total. The molecule has 0 aromatic carbocycles. The molecule has 0 spiro atoms. The summed E-state index contributed by atoms with van der Waals surface area (Å²) in [5, 5.41) is 3.26. The van der Waals surface area contributed by atoms with E-state index in [4.69, 9.17) is 11.6 Å². The molecule has 0 aromatic rings. The Morgan fingerprint density at radius 3 is 2.10 bits per heavy atom. The van der Waals surface area contributed by atoms with E-state index in [0.717, 1.165) is 18.3 Å². The highest BCUT2D eigenvalue weighted by molar-refractivity contribution is 6.18. The molecule has 4 saturated carbocycles. The molecule has 4 aliphatic rings. The number of nitrogens with one attached hydrogen (secondary N) is 1. The molecule has 1 amide bonds. The lowest BCUT2D eigenvalue weighted by Gasteiger charge is -2.53. The highest BCUT2D eigenvalue weighted by Gasteiger charge is 2.50. The summed E-state index contributed by atoms with van der Waals surface area (Å²) in [6.07, 6.45) is 7.66. The van der Waals surface area contributed by atoms with Crippen LogP contribution in [0, 0.1) is 35.5 Å². The minimum Gasteiger partial charge on any atom is -0.352 e. The maximum absolute atomic E-state index is 12.7. The van der Waals surface area contributed by atoms with Gasteiger partial charge in [0.05, 0.1) is 0 Å². The molecule has 0 radical (unpaired) electrons. The Morgan fingerprint density at radius 1 is 1.10 bits per heavy atom. The van der Waals surface area contributed by atoms with Gasteiger partial charge in [0.25, 0.3) is 0 Å². The molecule has 0 saturated heterocycles. The normalized spacial score (nSPS) is 40.1. The van der Waals surface area contributed by atoms with Gasteiger partial charge in [0, 0.05) is 17.8 Å². The standard InChI is InChI=1S/C17H28ClNO/c1-10(2)3-15(9-18)19-17(20)16-13-5-11-4-12(7-13)8-14(16)6-11/h10-16H,3-9H2,1-2H3,(H,19,20). The van der Waals surface area contributed by atoms with Gasteiger partial charge in [-0.2, -0.15) is 0 Å². The highest BCUT2D eigenvalue weighted by atomic mass is 35.5. The van der Waals surface area contributed by atoms with Gasteiger partial charge in [-0.3, -0.25) is 4.79 Å². The second-order valence-corrected chi connectivity index (χ2v) is 8.25. The van der Waals surface area contributed by atoms with Crippen LogP contribution in [0.5, 0.6) is 0 Å². The number of hydrogen-bond donors (Lipinski definition) is 1. The van der Waals surface area contributed by atoms with Crippen LogP contribution in [0.3, 0.4) is 0 Å². The summed E-state index contributed by atoms with van der Waals surface area (Å²) in [4.78, 5) is 12.7. The lowest BCUT2D eigenvalue weighted by atomic mass is 9.51. The van der Waals surface area contributed by atoms with Gasteiger partial charge >= 0.3 is 0 Å². The molecular weight excluding hydrogens is 270 g/mol. The predicted molar refractivity (Wildman–Crippen MR) is 82.6 cm³/mol. The Kier molecular flexibility index (Phi) is 4.31. The fourth-order valence-electron chi connectivity index (χ4n) is 5.38. The summed E-state index contributed by atoms with van der Waals surface area (Å²) in [7, 11) is 0. The minimum atomic E-state index is 0.154. The van der Waals surface area contributed by atoms with Crippen molar-refractivity contribution in [1.82, 2.24) is 5.32 Å². The topological polar surface area (TPSA) is 29.1 Å². The molecule has 0 aromatic heterocycles. The quantitative estimate of drug-likeness (QED) is 0.768. The number of halogens is 1. The van der Waals surface area contributed by atoms with Crippen molar-refractivity contribution in [3.8, 4) is 0 Å². The van der Waals surface area contributed by atoms with Crippen molar-refractivity contribution in [1.29, 1.82) is 0 Å². The number of carbonyl (C=O) groups is 1. The van der Waals surface area contributed by atoms with Crippen molar-refractivity contribution in [3.63, 3.8) is 0 Å². The van der Waals surface area contributed by atoms with Crippen molar-refractivity contribution in [2.24, 2.45) is 35.5 Å². The smallest absolute Gasteiger partial charge is 0.223 e. The summed E-state index contributed by atoms with van der Waals surface area (Å²) in [5.74, 6) is 4.92. The van der Waals surface area contributed by atoms with Gasteiger partial charge in [0.1, 0.15) is 0 Å². The third-order valence-electron chi connectivity index (χ3n) is 5.82. The van der Waals surface area contributed by atoms with E-state index in [1.54, 1.807) is 0 Å². The molecule has 4 aliphatic carbocycles. The molecule has 2 nitrogen and oxygen atoms in total. The average molecular weight is 298 g/mol. The van der Waals surface area contributed by atoms with Gasteiger partial charge in [-0.15, -0.1) is 11.6 Å². The number of alkyl halides is 1. The summed E-state index contributed by atoms with van der Waals surface area (Å²) in [5.41, 5.74) is 0. The second-order valence-electron chi connectivity index (χ2n) is 7.95. The Balaban J connectivity index is 1.62. The van der Waals surface area contributed by atoms with Crippen LogP contribution < -0.4 is 5.32 Å². The number of carbonyl (C=O) groups excluding carboxylic acids is 1. The highest BCUT2D eigenvalue weighted by Crippen LogP contribution is 2.56. The molecule has 4 rings (SSSR count). The zero-order valence-electron chi connectivity index (χ0n) is 12.8. The third kappa shape index (κ3) is 2.86. The zero-order valence-corrected chi connectivity index (χ0v) is 13.5. The molecule has 114 valence electrons. The van der Waals surface area contributed by atoms with Crippen LogP contribution in [0.25, 0.3) is 0 Å². The van der Waals surface area contributed by atoms with Crippen molar-refractivity contribution in [2.45, 2.75) is 58.4 Å². The molecule has 1 atom stereocenters. The number of rotatable bonds is 5. The van der Waals surface area contributed by atoms with Gasteiger partial charge < -0.3 is 5.32 Å². The molecular formula is C17H28ClNO. The zero-order chi connectivity index (χ0) is 14.3. The first kappa shape index (κ1) is 14.7. The molecule has 20 heavy (non-hydrogen) atoms. The molecule has 0 heterocycles. The Bertz CT molecular complexity index is 340. The molecule has 0 aliphatic heterocycles. The lowest BCUT2D eigenvalue weighted by molar-refractivity contribution is -0.138.